The highest BCUT2D eigenvalue weighted by Crippen LogP contribution is 2.39. The molecule has 25 heavy (non-hydrogen) atoms. The third-order valence-corrected chi connectivity index (χ3v) is 3.99. The van der Waals surface area contributed by atoms with Crippen molar-refractivity contribution < 1.29 is 0 Å². The molecule has 3 aromatic carbocycles. The number of fused-ring (bicyclic) bond motifs is 1. The van der Waals surface area contributed by atoms with Crippen molar-refractivity contribution in [1.82, 2.24) is 9.89 Å². The normalized spacial score (nSPS) is 11.4. The van der Waals surface area contributed by atoms with Gasteiger partial charge in [0.2, 0.25) is 0 Å². The third kappa shape index (κ3) is 2.81. The van der Waals surface area contributed by atoms with Crippen molar-refractivity contribution in [3.63, 3.8) is 0 Å². The number of rotatable bonds is 3. The van der Waals surface area contributed by atoms with Crippen LogP contribution in [0, 0.1) is 0 Å². The van der Waals surface area contributed by atoms with E-state index in [1.807, 2.05) is 24.3 Å². The molecule has 0 atom stereocenters. The molecule has 0 fully saturated rings. The van der Waals surface area contributed by atoms with Gasteiger partial charge in [-0.3, -0.25) is 0 Å². The van der Waals surface area contributed by atoms with Crippen LogP contribution in [0.5, 0.6) is 0 Å². The molecule has 0 aliphatic heterocycles. The van der Waals surface area contributed by atoms with Gasteiger partial charge in [-0.05, 0) is 39.8 Å². The van der Waals surface area contributed by atoms with Crippen molar-refractivity contribution in [2.75, 3.05) is 11.5 Å². The first-order valence-corrected chi connectivity index (χ1v) is 7.81. The fraction of sp³-hybridized carbons (Fsp3) is 0. The summed E-state index contributed by atoms with van der Waals surface area (Å²) < 4.78 is 0. The highest BCUT2D eigenvalue weighted by Gasteiger charge is 2.12. The number of nitrogen functional groups attached to an aromatic ring is 2. The Kier molecular flexibility index (Phi) is 3.63. The fourth-order valence-electron chi connectivity index (χ4n) is 2.89. The lowest BCUT2D eigenvalue weighted by molar-refractivity contribution is 0.692. The van der Waals surface area contributed by atoms with Gasteiger partial charge in [-0.25, -0.2) is 0 Å². The minimum atomic E-state index is 0.561. The van der Waals surface area contributed by atoms with Gasteiger partial charge in [0.15, 0.2) is 0 Å². The largest absolute Gasteiger partial charge is 0.398 e. The van der Waals surface area contributed by atoms with E-state index in [1.165, 1.54) is 4.79 Å². The molecule has 0 radical (unpaired) electrons. The number of aromatic nitrogens is 2. The second kappa shape index (κ2) is 6.09. The van der Waals surface area contributed by atoms with E-state index in [0.29, 0.717) is 17.1 Å². The lowest BCUT2D eigenvalue weighted by atomic mass is 9.95. The van der Waals surface area contributed by atoms with Gasteiger partial charge in [0.05, 0.1) is 18.1 Å². The zero-order valence-electron chi connectivity index (χ0n) is 13.4. The molecular weight excluding hydrogens is 312 g/mol. The molecule has 0 saturated carbocycles. The number of hydrogen-bond donors (Lipinski definition) is 2. The quantitative estimate of drug-likeness (QED) is 0.430. The van der Waals surface area contributed by atoms with Gasteiger partial charge < -0.3 is 11.5 Å². The van der Waals surface area contributed by atoms with Gasteiger partial charge >= 0.3 is 0 Å². The SMILES string of the molecule is Nc1cc(N=Nn2cccn2)cc(N)c1-c1cccc2ccccc12. The Balaban J connectivity index is 1.81. The first kappa shape index (κ1) is 14.9. The zero-order chi connectivity index (χ0) is 17.2. The van der Waals surface area contributed by atoms with Crippen LogP contribution in [0.25, 0.3) is 21.9 Å². The maximum Gasteiger partial charge on any atom is 0.0916 e. The fourth-order valence-corrected chi connectivity index (χ4v) is 2.89. The molecule has 4 aromatic rings. The Morgan fingerprint density at radius 1 is 0.880 bits per heavy atom. The number of nitrogens with zero attached hydrogens (tertiary/aromatic N) is 4. The zero-order valence-corrected chi connectivity index (χ0v) is 13.4. The Morgan fingerprint density at radius 2 is 1.64 bits per heavy atom. The third-order valence-electron chi connectivity index (χ3n) is 3.99. The van der Waals surface area contributed by atoms with Crippen LogP contribution < -0.4 is 11.5 Å². The molecule has 4 rings (SSSR count). The van der Waals surface area contributed by atoms with Crippen LogP contribution in [0.4, 0.5) is 17.1 Å². The van der Waals surface area contributed by atoms with Crippen molar-refractivity contribution in [3.05, 3.63) is 73.1 Å². The molecule has 122 valence electrons. The minimum absolute atomic E-state index is 0.561. The van der Waals surface area contributed by atoms with E-state index in [2.05, 4.69) is 33.6 Å². The predicted octanol–water partition coefficient (Wildman–Crippen LogP) is 4.41. The van der Waals surface area contributed by atoms with E-state index in [0.717, 1.165) is 21.9 Å². The predicted molar refractivity (Wildman–Crippen MR) is 100 cm³/mol. The molecule has 0 bridgehead atoms. The average molecular weight is 328 g/mol. The second-order valence-electron chi connectivity index (χ2n) is 5.64. The molecule has 0 saturated heterocycles. The number of hydrogen-bond acceptors (Lipinski definition) is 5. The highest BCUT2D eigenvalue weighted by atomic mass is 15.6. The Morgan fingerprint density at radius 3 is 2.40 bits per heavy atom. The van der Waals surface area contributed by atoms with Crippen molar-refractivity contribution in [1.29, 1.82) is 0 Å². The summed E-state index contributed by atoms with van der Waals surface area (Å²) in [4.78, 5) is 1.37. The average Bonchev–Trinajstić information content (AvgIpc) is 3.13. The van der Waals surface area contributed by atoms with Gasteiger partial charge in [0, 0.05) is 16.9 Å². The van der Waals surface area contributed by atoms with Gasteiger partial charge in [0.25, 0.3) is 0 Å². The molecule has 1 aromatic heterocycles. The van der Waals surface area contributed by atoms with Crippen molar-refractivity contribution in [2.24, 2.45) is 10.3 Å². The minimum Gasteiger partial charge on any atom is -0.398 e. The monoisotopic (exact) mass is 328 g/mol. The molecule has 4 N–H and O–H groups in total. The van der Waals surface area contributed by atoms with E-state index in [-0.39, 0.29) is 0 Å². The van der Waals surface area contributed by atoms with Gasteiger partial charge in [-0.1, -0.05) is 42.5 Å². The molecular formula is C19H16N6. The second-order valence-corrected chi connectivity index (χ2v) is 5.64. The summed E-state index contributed by atoms with van der Waals surface area (Å²) in [5.74, 6) is 0. The molecule has 0 amide bonds. The molecule has 0 spiro atoms. The molecule has 0 unspecified atom stereocenters. The summed E-state index contributed by atoms with van der Waals surface area (Å²) >= 11 is 0. The Hall–Kier alpha value is -3.67. The van der Waals surface area contributed by atoms with Crippen LogP contribution in [0.15, 0.2) is 83.4 Å². The maximum atomic E-state index is 6.29. The standard InChI is InChI=1S/C19H16N6/c20-17-11-14(23-24-25-10-4-9-22-25)12-18(21)19(17)16-8-3-6-13-5-1-2-7-15(13)16/h1-12H,20-21H2. The molecule has 0 aliphatic rings. The molecule has 0 aliphatic carbocycles. The summed E-state index contributed by atoms with van der Waals surface area (Å²) in [7, 11) is 0. The summed E-state index contributed by atoms with van der Waals surface area (Å²) in [5, 5.41) is 14.3. The topological polar surface area (TPSA) is 94.6 Å². The number of anilines is 2. The first-order chi connectivity index (χ1) is 12.2. The van der Waals surface area contributed by atoms with E-state index in [4.69, 9.17) is 11.5 Å². The Bertz CT molecular complexity index is 1040. The van der Waals surface area contributed by atoms with E-state index >= 15 is 0 Å². The molecule has 1 heterocycles. The maximum absolute atomic E-state index is 6.29. The van der Waals surface area contributed by atoms with Gasteiger partial charge in [0.1, 0.15) is 0 Å². The molecule has 6 nitrogen and oxygen atoms in total. The van der Waals surface area contributed by atoms with Crippen molar-refractivity contribution >= 4 is 27.8 Å². The van der Waals surface area contributed by atoms with Gasteiger partial charge in [-0.15, -0.1) is 9.91 Å². The van der Waals surface area contributed by atoms with Crippen molar-refractivity contribution in [3.8, 4) is 11.1 Å². The summed E-state index contributed by atoms with van der Waals surface area (Å²) in [6, 6.07) is 19.5. The highest BCUT2D eigenvalue weighted by molar-refractivity contribution is 6.03. The smallest absolute Gasteiger partial charge is 0.0916 e. The van der Waals surface area contributed by atoms with Crippen LogP contribution in [-0.2, 0) is 0 Å². The van der Waals surface area contributed by atoms with Crippen molar-refractivity contribution in [2.45, 2.75) is 0 Å². The summed E-state index contributed by atoms with van der Waals surface area (Å²) in [6.07, 6.45) is 3.33. The number of benzene rings is 3. The summed E-state index contributed by atoms with van der Waals surface area (Å²) in [6.45, 7) is 0. The van der Waals surface area contributed by atoms with E-state index in [9.17, 15) is 0 Å². The Labute approximate surface area is 144 Å². The lowest BCUT2D eigenvalue weighted by Crippen LogP contribution is -1.97. The van der Waals surface area contributed by atoms with Crippen LogP contribution in [-0.4, -0.2) is 9.89 Å². The lowest BCUT2D eigenvalue weighted by Gasteiger charge is -2.13. The van der Waals surface area contributed by atoms with E-state index < -0.39 is 0 Å². The molecule has 6 heteroatoms. The summed E-state index contributed by atoms with van der Waals surface area (Å²) in [5.41, 5.74) is 16.1. The van der Waals surface area contributed by atoms with Crippen LogP contribution in [0.1, 0.15) is 0 Å². The van der Waals surface area contributed by atoms with Crippen LogP contribution >= 0.6 is 0 Å². The van der Waals surface area contributed by atoms with Crippen LogP contribution in [0.3, 0.4) is 0 Å². The number of nitrogens with two attached hydrogens (primary N) is 2. The van der Waals surface area contributed by atoms with Gasteiger partial charge in [-0.2, -0.15) is 5.10 Å². The van der Waals surface area contributed by atoms with E-state index in [1.54, 1.807) is 30.6 Å². The first-order valence-electron chi connectivity index (χ1n) is 7.81. The van der Waals surface area contributed by atoms with Crippen LogP contribution in [0.2, 0.25) is 0 Å².